The predicted molar refractivity (Wildman–Crippen MR) is 72.4 cm³/mol. The Kier molecular flexibility index (Phi) is 4.34. The van der Waals surface area contributed by atoms with Crippen molar-refractivity contribution in [3.05, 3.63) is 23.9 Å². The van der Waals surface area contributed by atoms with Gasteiger partial charge in [0.25, 0.3) is 5.91 Å². The Morgan fingerprint density at radius 1 is 1.53 bits per heavy atom. The summed E-state index contributed by atoms with van der Waals surface area (Å²) in [6.45, 7) is 0. The van der Waals surface area contributed by atoms with Crippen LogP contribution in [0, 0.1) is 0 Å². The van der Waals surface area contributed by atoms with Gasteiger partial charge in [0.15, 0.2) is 0 Å². The van der Waals surface area contributed by atoms with Gasteiger partial charge in [0.2, 0.25) is 0 Å². The molecule has 1 saturated carbocycles. The average molecular weight is 264 g/mol. The van der Waals surface area contributed by atoms with Crippen LogP contribution in [-0.4, -0.2) is 40.1 Å². The van der Waals surface area contributed by atoms with Crippen molar-refractivity contribution < 1.29 is 9.90 Å². The largest absolute Gasteiger partial charge is 0.391 e. The summed E-state index contributed by atoms with van der Waals surface area (Å²) in [6.07, 6.45) is 4.77. The van der Waals surface area contributed by atoms with Crippen molar-refractivity contribution in [2.75, 3.05) is 12.5 Å². The summed E-state index contributed by atoms with van der Waals surface area (Å²) >= 11 is 0. The maximum atomic E-state index is 12.4. The molecule has 0 radical (unpaired) electrons. The van der Waals surface area contributed by atoms with E-state index < -0.39 is 6.10 Å². The molecule has 19 heavy (non-hydrogen) atoms. The molecule has 1 aliphatic rings. The number of nitrogens with zero attached hydrogens (tertiary/aromatic N) is 2. The number of rotatable bonds is 3. The lowest BCUT2D eigenvalue weighted by atomic mass is 9.91. The number of nitrogens with one attached hydrogen (secondary N) is 1. The molecule has 1 fully saturated rings. The highest BCUT2D eigenvalue weighted by atomic mass is 16.3. The molecule has 2 rings (SSSR count). The highest BCUT2D eigenvalue weighted by molar-refractivity contribution is 5.94. The van der Waals surface area contributed by atoms with Gasteiger partial charge in [0.1, 0.15) is 5.82 Å². The van der Waals surface area contributed by atoms with E-state index in [9.17, 15) is 9.90 Å². The second kappa shape index (κ2) is 5.99. The number of aromatic nitrogens is 1. The molecule has 1 heterocycles. The van der Waals surface area contributed by atoms with Crippen molar-refractivity contribution >= 4 is 11.7 Å². The van der Waals surface area contributed by atoms with Gasteiger partial charge in [-0.25, -0.2) is 10.8 Å². The molecule has 0 bridgehead atoms. The molecule has 2 atom stereocenters. The second-order valence-corrected chi connectivity index (χ2v) is 4.91. The number of aliphatic hydroxyl groups is 1. The molecule has 0 aromatic carbocycles. The van der Waals surface area contributed by atoms with E-state index in [1.54, 1.807) is 24.1 Å². The number of amides is 1. The molecule has 1 aromatic rings. The molecule has 6 heteroatoms. The van der Waals surface area contributed by atoms with E-state index in [1.807, 2.05) is 0 Å². The first kappa shape index (κ1) is 13.8. The van der Waals surface area contributed by atoms with E-state index >= 15 is 0 Å². The molecule has 1 amide bonds. The zero-order valence-corrected chi connectivity index (χ0v) is 11.0. The van der Waals surface area contributed by atoms with Gasteiger partial charge in [-0.1, -0.05) is 12.8 Å². The quantitative estimate of drug-likeness (QED) is 0.553. The summed E-state index contributed by atoms with van der Waals surface area (Å²) in [7, 11) is 1.73. The van der Waals surface area contributed by atoms with Crippen LogP contribution in [0.5, 0.6) is 0 Å². The highest BCUT2D eigenvalue weighted by Gasteiger charge is 2.29. The monoisotopic (exact) mass is 264 g/mol. The number of carbonyl (C=O) groups excluding carboxylic acids is 1. The van der Waals surface area contributed by atoms with E-state index in [4.69, 9.17) is 5.84 Å². The lowest BCUT2D eigenvalue weighted by molar-refractivity contribution is 0.0268. The standard InChI is InChI=1S/C13H20N4O2/c1-17(10-4-2-3-5-11(10)18)13(19)9-6-7-15-12(8-9)16-14/h6-8,10-11,18H,2-5,14H2,1H3,(H,15,16). The topological polar surface area (TPSA) is 91.5 Å². The number of anilines is 1. The predicted octanol–water partition coefficient (Wildman–Crippen LogP) is 0.743. The first-order chi connectivity index (χ1) is 9.13. The van der Waals surface area contributed by atoms with Crippen molar-refractivity contribution in [2.45, 2.75) is 37.8 Å². The number of hydrogen-bond acceptors (Lipinski definition) is 5. The van der Waals surface area contributed by atoms with Crippen molar-refractivity contribution in [3.8, 4) is 0 Å². The molecule has 2 unspecified atom stereocenters. The van der Waals surface area contributed by atoms with Crippen LogP contribution in [0.15, 0.2) is 18.3 Å². The van der Waals surface area contributed by atoms with Gasteiger partial charge in [0, 0.05) is 18.8 Å². The number of carbonyl (C=O) groups is 1. The van der Waals surface area contributed by atoms with E-state index in [1.165, 1.54) is 6.20 Å². The zero-order valence-electron chi connectivity index (χ0n) is 11.0. The lowest BCUT2D eigenvalue weighted by Gasteiger charge is -2.35. The summed E-state index contributed by atoms with van der Waals surface area (Å²) in [5.41, 5.74) is 2.94. The molecule has 0 aliphatic heterocycles. The van der Waals surface area contributed by atoms with Crippen LogP contribution in [0.1, 0.15) is 36.0 Å². The third-order valence-corrected chi connectivity index (χ3v) is 3.67. The Balaban J connectivity index is 2.13. The molecular formula is C13H20N4O2. The lowest BCUT2D eigenvalue weighted by Crippen LogP contribution is -2.46. The SMILES string of the molecule is CN(C(=O)c1ccnc(NN)c1)C1CCCCC1O. The molecule has 1 aromatic heterocycles. The van der Waals surface area contributed by atoms with Crippen molar-refractivity contribution in [2.24, 2.45) is 5.84 Å². The molecule has 0 spiro atoms. The van der Waals surface area contributed by atoms with Gasteiger partial charge >= 0.3 is 0 Å². The minimum Gasteiger partial charge on any atom is -0.391 e. The number of likely N-dealkylation sites (N-methyl/N-ethyl adjacent to an activating group) is 1. The van der Waals surface area contributed by atoms with Gasteiger partial charge in [-0.05, 0) is 25.0 Å². The minimum atomic E-state index is -0.434. The van der Waals surface area contributed by atoms with Crippen LogP contribution in [0.3, 0.4) is 0 Å². The maximum absolute atomic E-state index is 12.4. The zero-order chi connectivity index (χ0) is 13.8. The third-order valence-electron chi connectivity index (χ3n) is 3.67. The van der Waals surface area contributed by atoms with Crippen LogP contribution >= 0.6 is 0 Å². The fourth-order valence-corrected chi connectivity index (χ4v) is 2.54. The van der Waals surface area contributed by atoms with Gasteiger partial charge in [0.05, 0.1) is 12.1 Å². The van der Waals surface area contributed by atoms with Crippen molar-refractivity contribution in [1.82, 2.24) is 9.88 Å². The van der Waals surface area contributed by atoms with E-state index in [-0.39, 0.29) is 11.9 Å². The first-order valence-corrected chi connectivity index (χ1v) is 6.51. The summed E-state index contributed by atoms with van der Waals surface area (Å²) < 4.78 is 0. The Hall–Kier alpha value is -1.66. The Labute approximate surface area is 112 Å². The first-order valence-electron chi connectivity index (χ1n) is 6.51. The summed E-state index contributed by atoms with van der Waals surface area (Å²) in [5.74, 6) is 5.61. The number of pyridine rings is 1. The normalized spacial score (nSPS) is 22.9. The maximum Gasteiger partial charge on any atom is 0.254 e. The van der Waals surface area contributed by atoms with Gasteiger partial charge in [-0.15, -0.1) is 0 Å². The van der Waals surface area contributed by atoms with Crippen LogP contribution in [-0.2, 0) is 0 Å². The minimum absolute atomic E-state index is 0.108. The van der Waals surface area contributed by atoms with Gasteiger partial charge in [-0.2, -0.15) is 0 Å². The molecule has 104 valence electrons. The fourth-order valence-electron chi connectivity index (χ4n) is 2.54. The van der Waals surface area contributed by atoms with Gasteiger partial charge in [-0.3, -0.25) is 4.79 Å². The Morgan fingerprint density at radius 3 is 2.95 bits per heavy atom. The van der Waals surface area contributed by atoms with Crippen LogP contribution in [0.2, 0.25) is 0 Å². The average Bonchev–Trinajstić information content (AvgIpc) is 2.46. The van der Waals surface area contributed by atoms with E-state index in [2.05, 4.69) is 10.4 Å². The number of nitrogen functional groups attached to an aromatic ring is 1. The molecule has 1 aliphatic carbocycles. The number of nitrogens with two attached hydrogens (primary N) is 1. The smallest absolute Gasteiger partial charge is 0.254 e. The number of hydrazine groups is 1. The van der Waals surface area contributed by atoms with E-state index in [0.29, 0.717) is 11.4 Å². The highest BCUT2D eigenvalue weighted by Crippen LogP contribution is 2.23. The van der Waals surface area contributed by atoms with Crippen LogP contribution in [0.25, 0.3) is 0 Å². The molecule has 6 nitrogen and oxygen atoms in total. The number of hydrogen-bond donors (Lipinski definition) is 3. The summed E-state index contributed by atoms with van der Waals surface area (Å²) in [4.78, 5) is 18.0. The van der Waals surface area contributed by atoms with Gasteiger partial charge < -0.3 is 15.4 Å². The fraction of sp³-hybridized carbons (Fsp3) is 0.538. The Morgan fingerprint density at radius 2 is 2.26 bits per heavy atom. The van der Waals surface area contributed by atoms with Crippen LogP contribution in [0.4, 0.5) is 5.82 Å². The van der Waals surface area contributed by atoms with Crippen molar-refractivity contribution in [1.29, 1.82) is 0 Å². The van der Waals surface area contributed by atoms with Crippen LogP contribution < -0.4 is 11.3 Å². The molecular weight excluding hydrogens is 244 g/mol. The number of aliphatic hydroxyl groups excluding tert-OH is 1. The van der Waals surface area contributed by atoms with Crippen molar-refractivity contribution in [3.63, 3.8) is 0 Å². The summed E-state index contributed by atoms with van der Waals surface area (Å²) in [5, 5.41) is 10.00. The second-order valence-electron chi connectivity index (χ2n) is 4.91. The third kappa shape index (κ3) is 3.02. The molecule has 0 saturated heterocycles. The summed E-state index contributed by atoms with van der Waals surface area (Å²) in [6, 6.07) is 3.15. The Bertz CT molecular complexity index is 452. The molecule has 4 N–H and O–H groups in total. The van der Waals surface area contributed by atoms with E-state index in [0.717, 1.165) is 25.7 Å².